The maximum Gasteiger partial charge on any atom is 0.410 e. The van der Waals surface area contributed by atoms with Gasteiger partial charge in [-0.15, -0.1) is 0 Å². The zero-order chi connectivity index (χ0) is 12.1. The number of carbonyl (C=O) groups excluding carboxylic acids is 1. The van der Waals surface area contributed by atoms with E-state index in [-0.39, 0.29) is 0 Å². The van der Waals surface area contributed by atoms with Gasteiger partial charge in [0.05, 0.1) is 5.92 Å². The average molecular weight is 233 g/mol. The largest absolute Gasteiger partial charge is 0.444 e. The highest BCUT2D eigenvalue weighted by Crippen LogP contribution is 2.56. The second kappa shape index (κ2) is 3.31. The molecule has 92 valence electrons. The van der Waals surface area contributed by atoms with E-state index < -0.39 is 29.6 Å². The molecule has 0 radical (unpaired) electrons. The van der Waals surface area contributed by atoms with Crippen LogP contribution < -0.4 is 0 Å². The van der Waals surface area contributed by atoms with Crippen molar-refractivity contribution in [2.24, 2.45) is 5.92 Å². The Kier molecular flexibility index (Phi) is 2.40. The molecule has 1 saturated carbocycles. The first-order valence-corrected chi connectivity index (χ1v) is 5.61. The highest BCUT2D eigenvalue weighted by atomic mass is 19.3. The summed E-state index contributed by atoms with van der Waals surface area (Å²) in [5.41, 5.74) is -0.631. The highest BCUT2D eigenvalue weighted by molar-refractivity contribution is 5.69. The van der Waals surface area contributed by atoms with Crippen LogP contribution >= 0.6 is 0 Å². The van der Waals surface area contributed by atoms with Gasteiger partial charge in [0.2, 0.25) is 0 Å². The fraction of sp³-hybridized carbons (Fsp3) is 0.909. The summed E-state index contributed by atoms with van der Waals surface area (Å²) in [4.78, 5) is 12.9. The first-order valence-electron chi connectivity index (χ1n) is 5.61. The number of likely N-dealkylation sites (tertiary alicyclic amines) is 1. The molecule has 2 aliphatic rings. The summed E-state index contributed by atoms with van der Waals surface area (Å²) in [5, 5.41) is 0. The smallest absolute Gasteiger partial charge is 0.410 e. The summed E-state index contributed by atoms with van der Waals surface area (Å²) in [6.07, 6.45) is 0.534. The van der Waals surface area contributed by atoms with E-state index in [4.69, 9.17) is 4.74 Å². The fourth-order valence-corrected chi connectivity index (χ4v) is 2.29. The number of nitrogens with zero attached hydrogens (tertiary/aromatic N) is 1. The van der Waals surface area contributed by atoms with Crippen molar-refractivity contribution in [2.45, 2.75) is 51.2 Å². The van der Waals surface area contributed by atoms with E-state index in [1.54, 1.807) is 20.8 Å². The Morgan fingerprint density at radius 2 is 2.06 bits per heavy atom. The Morgan fingerprint density at radius 1 is 1.44 bits per heavy atom. The van der Waals surface area contributed by atoms with Gasteiger partial charge in [0.15, 0.2) is 0 Å². The molecule has 1 aliphatic heterocycles. The van der Waals surface area contributed by atoms with Gasteiger partial charge in [0, 0.05) is 6.54 Å². The maximum atomic E-state index is 13.3. The average Bonchev–Trinajstić information content (AvgIpc) is 2.67. The lowest BCUT2D eigenvalue weighted by atomic mass is 10.1. The van der Waals surface area contributed by atoms with Gasteiger partial charge in [0.25, 0.3) is 5.92 Å². The van der Waals surface area contributed by atoms with Crippen LogP contribution in [-0.2, 0) is 4.74 Å². The Hall–Kier alpha value is -0.870. The van der Waals surface area contributed by atoms with Gasteiger partial charge in [0.1, 0.15) is 11.6 Å². The quantitative estimate of drug-likeness (QED) is 0.643. The van der Waals surface area contributed by atoms with E-state index in [9.17, 15) is 13.6 Å². The van der Waals surface area contributed by atoms with Gasteiger partial charge in [-0.05, 0) is 33.6 Å². The number of alkyl halides is 2. The standard InChI is InChI=1S/C11H17F2NO2/c1-10(2,3)16-9(15)14-6-4-5-7-8(14)11(7,12)13/h7-8H,4-6H2,1-3H3/t7-,8-/m0/s1. The fourth-order valence-electron chi connectivity index (χ4n) is 2.29. The summed E-state index contributed by atoms with van der Waals surface area (Å²) in [6.45, 7) is 5.58. The van der Waals surface area contributed by atoms with E-state index in [2.05, 4.69) is 0 Å². The molecule has 0 N–H and O–H groups in total. The molecular weight excluding hydrogens is 216 g/mol. The van der Waals surface area contributed by atoms with E-state index in [1.807, 2.05) is 0 Å². The molecule has 1 aliphatic carbocycles. The Labute approximate surface area is 93.7 Å². The van der Waals surface area contributed by atoms with Crippen molar-refractivity contribution >= 4 is 6.09 Å². The van der Waals surface area contributed by atoms with Crippen molar-refractivity contribution in [3.8, 4) is 0 Å². The molecule has 2 rings (SSSR count). The number of hydrogen-bond acceptors (Lipinski definition) is 2. The van der Waals surface area contributed by atoms with Crippen LogP contribution in [0.4, 0.5) is 13.6 Å². The molecule has 1 amide bonds. The molecule has 0 spiro atoms. The van der Waals surface area contributed by atoms with Crippen molar-refractivity contribution < 1.29 is 18.3 Å². The van der Waals surface area contributed by atoms with Crippen molar-refractivity contribution in [1.82, 2.24) is 4.90 Å². The Bertz CT molecular complexity index is 312. The van der Waals surface area contributed by atoms with E-state index in [0.29, 0.717) is 19.4 Å². The topological polar surface area (TPSA) is 29.5 Å². The van der Waals surface area contributed by atoms with Crippen molar-refractivity contribution in [1.29, 1.82) is 0 Å². The summed E-state index contributed by atoms with van der Waals surface area (Å²) in [7, 11) is 0. The molecule has 0 aromatic rings. The van der Waals surface area contributed by atoms with Crippen LogP contribution in [0.15, 0.2) is 0 Å². The van der Waals surface area contributed by atoms with Crippen LogP contribution in [0.2, 0.25) is 0 Å². The Morgan fingerprint density at radius 3 is 2.62 bits per heavy atom. The molecule has 0 aromatic carbocycles. The number of amides is 1. The summed E-state index contributed by atoms with van der Waals surface area (Å²) < 4.78 is 31.7. The monoisotopic (exact) mass is 233 g/mol. The Balaban J connectivity index is 2.02. The molecule has 0 unspecified atom stereocenters. The molecule has 5 heteroatoms. The molecule has 1 saturated heterocycles. The van der Waals surface area contributed by atoms with Crippen LogP contribution in [0.5, 0.6) is 0 Å². The zero-order valence-electron chi connectivity index (χ0n) is 9.80. The van der Waals surface area contributed by atoms with E-state index >= 15 is 0 Å². The third-order valence-corrected chi connectivity index (χ3v) is 3.04. The minimum absolute atomic E-state index is 0.381. The number of hydrogen-bond donors (Lipinski definition) is 0. The van der Waals surface area contributed by atoms with Gasteiger partial charge in [-0.1, -0.05) is 0 Å². The van der Waals surface area contributed by atoms with E-state index in [1.165, 1.54) is 4.90 Å². The third-order valence-electron chi connectivity index (χ3n) is 3.04. The minimum atomic E-state index is -2.70. The van der Waals surface area contributed by atoms with Crippen LogP contribution in [0.1, 0.15) is 33.6 Å². The first kappa shape index (κ1) is 11.6. The molecule has 0 aromatic heterocycles. The lowest BCUT2D eigenvalue weighted by Crippen LogP contribution is -2.42. The number of halogens is 2. The zero-order valence-corrected chi connectivity index (χ0v) is 9.80. The predicted molar refractivity (Wildman–Crippen MR) is 54.4 cm³/mol. The molecule has 0 bridgehead atoms. The van der Waals surface area contributed by atoms with Crippen molar-refractivity contribution in [2.75, 3.05) is 6.54 Å². The van der Waals surface area contributed by atoms with Gasteiger partial charge in [-0.2, -0.15) is 0 Å². The van der Waals surface area contributed by atoms with Crippen LogP contribution in [0.25, 0.3) is 0 Å². The number of carbonyl (C=O) groups is 1. The van der Waals surface area contributed by atoms with Crippen LogP contribution in [0.3, 0.4) is 0 Å². The lowest BCUT2D eigenvalue weighted by molar-refractivity contribution is 0.00954. The van der Waals surface area contributed by atoms with Gasteiger partial charge in [-0.25, -0.2) is 13.6 Å². The van der Waals surface area contributed by atoms with Gasteiger partial charge < -0.3 is 4.74 Å². The van der Waals surface area contributed by atoms with Crippen LogP contribution in [-0.4, -0.2) is 35.1 Å². The number of ether oxygens (including phenoxy) is 1. The second-order valence-corrected chi connectivity index (χ2v) is 5.54. The normalized spacial score (nSPS) is 31.9. The molecule has 16 heavy (non-hydrogen) atoms. The molecule has 1 heterocycles. The third kappa shape index (κ3) is 1.87. The van der Waals surface area contributed by atoms with Crippen molar-refractivity contribution in [3.63, 3.8) is 0 Å². The maximum absolute atomic E-state index is 13.3. The van der Waals surface area contributed by atoms with Crippen LogP contribution in [0, 0.1) is 5.92 Å². The predicted octanol–water partition coefficient (Wildman–Crippen LogP) is 2.65. The minimum Gasteiger partial charge on any atom is -0.444 e. The van der Waals surface area contributed by atoms with E-state index in [0.717, 1.165) is 0 Å². The SMILES string of the molecule is CC(C)(C)OC(=O)N1CCC[C@H]2[C@H]1C2(F)F. The summed E-state index contributed by atoms with van der Waals surface area (Å²) in [6, 6.07) is -0.920. The number of fused-ring (bicyclic) bond motifs is 1. The first-order chi connectivity index (χ1) is 7.23. The summed E-state index contributed by atoms with van der Waals surface area (Å²) in [5.74, 6) is -3.35. The summed E-state index contributed by atoms with van der Waals surface area (Å²) >= 11 is 0. The number of rotatable bonds is 0. The molecule has 2 atom stereocenters. The van der Waals surface area contributed by atoms with Gasteiger partial charge in [-0.3, -0.25) is 4.90 Å². The molecule has 2 fully saturated rings. The highest BCUT2D eigenvalue weighted by Gasteiger charge is 2.72. The lowest BCUT2D eigenvalue weighted by Gasteiger charge is -2.29. The molecule has 3 nitrogen and oxygen atoms in total. The second-order valence-electron chi connectivity index (χ2n) is 5.54. The molecular formula is C11H17F2NO2. The van der Waals surface area contributed by atoms with Crippen molar-refractivity contribution in [3.05, 3.63) is 0 Å². The van der Waals surface area contributed by atoms with Gasteiger partial charge >= 0.3 is 6.09 Å². The number of piperidine rings is 1.